The molecule has 1 aromatic carbocycles. The van der Waals surface area contributed by atoms with Gasteiger partial charge in [0.1, 0.15) is 0 Å². The summed E-state index contributed by atoms with van der Waals surface area (Å²) in [7, 11) is 1.09. The van der Waals surface area contributed by atoms with E-state index >= 15 is 0 Å². The van der Waals surface area contributed by atoms with Crippen molar-refractivity contribution in [2.45, 2.75) is 0 Å². The topological polar surface area (TPSA) is 60.4 Å². The zero-order valence-electron chi connectivity index (χ0n) is 7.52. The zero-order valence-corrected chi connectivity index (χ0v) is 7.52. The van der Waals surface area contributed by atoms with Crippen LogP contribution in [0.2, 0.25) is 0 Å². The van der Waals surface area contributed by atoms with Crippen LogP contribution in [-0.2, 0) is 9.53 Å². The molecule has 0 fully saturated rings. The molecule has 0 atom stereocenters. The van der Waals surface area contributed by atoms with Gasteiger partial charge in [-0.25, -0.2) is 4.79 Å². The second-order valence-electron chi connectivity index (χ2n) is 2.51. The molecule has 0 unspecified atom stereocenters. The summed E-state index contributed by atoms with van der Waals surface area (Å²) in [6.07, 6.45) is 0. The van der Waals surface area contributed by atoms with Gasteiger partial charge in [-0.3, -0.25) is 9.59 Å². The smallest absolute Gasteiger partial charge is 0.379 e. The highest BCUT2D eigenvalue weighted by Gasteiger charge is 2.18. The molecule has 0 N–H and O–H groups in total. The molecule has 0 saturated carbocycles. The predicted octanol–water partition coefficient (Wildman–Crippen LogP) is 0.402. The van der Waals surface area contributed by atoms with E-state index in [0.717, 1.165) is 7.11 Å². The molecule has 0 saturated heterocycles. The van der Waals surface area contributed by atoms with Crippen molar-refractivity contribution in [2.24, 2.45) is 0 Å². The minimum absolute atomic E-state index is 0.179. The molecular formula is C10H8O4. The number of hydrogen-bond donors (Lipinski definition) is 0. The average Bonchev–Trinajstić information content (AvgIpc) is 2.40. The van der Waals surface area contributed by atoms with Crippen LogP contribution in [0.5, 0.6) is 0 Å². The van der Waals surface area contributed by atoms with Crippen LogP contribution >= 0.6 is 0 Å². The molecule has 72 valence electrons. The van der Waals surface area contributed by atoms with Crippen molar-refractivity contribution in [3.8, 4) is 0 Å². The third-order valence-electron chi connectivity index (χ3n) is 1.61. The first kappa shape index (κ1) is 10.1. The molecule has 0 bridgehead atoms. The Balaban J connectivity index is 3.22. The van der Waals surface area contributed by atoms with Crippen LogP contribution in [0.3, 0.4) is 0 Å². The molecular weight excluding hydrogens is 184 g/mol. The van der Waals surface area contributed by atoms with Crippen molar-refractivity contribution in [1.82, 2.24) is 0 Å². The van der Waals surface area contributed by atoms with Gasteiger partial charge in [0.15, 0.2) is 5.43 Å². The number of hydrogen-bond acceptors (Lipinski definition) is 4. The molecule has 0 amide bonds. The van der Waals surface area contributed by atoms with Gasteiger partial charge in [0.25, 0.3) is 5.78 Å². The molecule has 0 radical (unpaired) electrons. The summed E-state index contributed by atoms with van der Waals surface area (Å²) >= 11 is 0. The molecule has 1 rings (SSSR count). The summed E-state index contributed by atoms with van der Waals surface area (Å²) in [4.78, 5) is 33.4. The standard InChI is InChI=1S/C10H8O4/c1-14-10(13)9(12)7-5-3-2-4-6-8(7)11/h2-6H,1H3. The summed E-state index contributed by atoms with van der Waals surface area (Å²) in [5, 5.41) is 0. The number of ketones is 1. The van der Waals surface area contributed by atoms with Crippen molar-refractivity contribution < 1.29 is 14.3 Å². The fourth-order valence-corrected chi connectivity index (χ4v) is 0.921. The van der Waals surface area contributed by atoms with Gasteiger partial charge in [-0.05, 0) is 12.1 Å². The van der Waals surface area contributed by atoms with E-state index in [0.29, 0.717) is 0 Å². The van der Waals surface area contributed by atoms with E-state index in [1.807, 2.05) is 0 Å². The Morgan fingerprint density at radius 3 is 2.43 bits per heavy atom. The van der Waals surface area contributed by atoms with Gasteiger partial charge in [-0.1, -0.05) is 18.2 Å². The Labute approximate surface area is 80.1 Å². The molecule has 0 heterocycles. The van der Waals surface area contributed by atoms with E-state index < -0.39 is 17.2 Å². The first-order chi connectivity index (χ1) is 6.66. The SMILES string of the molecule is COC(=O)C(=O)c1cccccc1=O. The highest BCUT2D eigenvalue weighted by atomic mass is 16.5. The first-order valence-electron chi connectivity index (χ1n) is 3.89. The third kappa shape index (κ3) is 2.04. The minimum Gasteiger partial charge on any atom is -0.463 e. The minimum atomic E-state index is -1.03. The Morgan fingerprint density at radius 1 is 1.14 bits per heavy atom. The lowest BCUT2D eigenvalue weighted by molar-refractivity contribution is -0.135. The zero-order chi connectivity index (χ0) is 10.6. The Kier molecular flexibility index (Phi) is 3.12. The second-order valence-corrected chi connectivity index (χ2v) is 2.51. The Morgan fingerprint density at radius 2 is 1.79 bits per heavy atom. The van der Waals surface area contributed by atoms with Gasteiger partial charge in [-0.15, -0.1) is 0 Å². The van der Waals surface area contributed by atoms with E-state index in [4.69, 9.17) is 0 Å². The van der Waals surface area contributed by atoms with Gasteiger partial charge in [-0.2, -0.15) is 0 Å². The predicted molar refractivity (Wildman–Crippen MR) is 49.1 cm³/mol. The summed E-state index contributed by atoms with van der Waals surface area (Å²) in [6.45, 7) is 0. The van der Waals surface area contributed by atoms with Crippen molar-refractivity contribution in [3.05, 3.63) is 46.1 Å². The number of methoxy groups -OCH3 is 1. The van der Waals surface area contributed by atoms with E-state index in [9.17, 15) is 14.4 Å². The molecule has 0 aliphatic rings. The Hall–Kier alpha value is -1.97. The van der Waals surface area contributed by atoms with Crippen LogP contribution in [0.4, 0.5) is 0 Å². The van der Waals surface area contributed by atoms with Crippen LogP contribution < -0.4 is 5.43 Å². The largest absolute Gasteiger partial charge is 0.463 e. The maximum atomic E-state index is 11.3. The Bertz CT molecular complexity index is 423. The summed E-state index contributed by atoms with van der Waals surface area (Å²) in [6, 6.07) is 7.11. The van der Waals surface area contributed by atoms with Crippen LogP contribution in [0.15, 0.2) is 35.1 Å². The van der Waals surface area contributed by atoms with Crippen molar-refractivity contribution >= 4 is 11.8 Å². The van der Waals surface area contributed by atoms with Gasteiger partial charge >= 0.3 is 5.97 Å². The number of ether oxygens (including phenoxy) is 1. The lowest BCUT2D eigenvalue weighted by atomic mass is 10.2. The summed E-state index contributed by atoms with van der Waals surface area (Å²) < 4.78 is 4.22. The molecule has 0 aliphatic carbocycles. The van der Waals surface area contributed by atoms with E-state index in [1.54, 1.807) is 6.07 Å². The highest BCUT2D eigenvalue weighted by Crippen LogP contribution is 1.94. The number of carbonyl (C=O) groups is 2. The van der Waals surface area contributed by atoms with Crippen molar-refractivity contribution in [1.29, 1.82) is 0 Å². The van der Waals surface area contributed by atoms with Crippen LogP contribution in [0.25, 0.3) is 0 Å². The summed E-state index contributed by atoms with van der Waals surface area (Å²) in [5.41, 5.74) is -0.674. The van der Waals surface area contributed by atoms with E-state index in [-0.39, 0.29) is 5.56 Å². The van der Waals surface area contributed by atoms with Gasteiger partial charge in [0.2, 0.25) is 0 Å². The maximum absolute atomic E-state index is 11.3. The van der Waals surface area contributed by atoms with Gasteiger partial charge in [0.05, 0.1) is 12.7 Å². The summed E-state index contributed by atoms with van der Waals surface area (Å²) in [5.74, 6) is -1.96. The van der Waals surface area contributed by atoms with Gasteiger partial charge in [0, 0.05) is 0 Å². The normalized spacial score (nSPS) is 9.21. The molecule has 0 spiro atoms. The van der Waals surface area contributed by atoms with Crippen LogP contribution in [0.1, 0.15) is 10.4 Å². The van der Waals surface area contributed by atoms with Crippen LogP contribution in [0, 0.1) is 0 Å². The third-order valence-corrected chi connectivity index (χ3v) is 1.61. The number of carbonyl (C=O) groups excluding carboxylic acids is 2. The maximum Gasteiger partial charge on any atom is 0.379 e. The fourth-order valence-electron chi connectivity index (χ4n) is 0.921. The molecule has 0 aromatic heterocycles. The molecule has 1 aromatic rings. The number of Topliss-reactive ketones (excluding diaryl/α,β-unsaturated/α-hetero) is 1. The molecule has 4 heteroatoms. The molecule has 4 nitrogen and oxygen atoms in total. The van der Waals surface area contributed by atoms with Gasteiger partial charge < -0.3 is 4.74 Å². The van der Waals surface area contributed by atoms with Crippen molar-refractivity contribution in [3.63, 3.8) is 0 Å². The average molecular weight is 192 g/mol. The van der Waals surface area contributed by atoms with Crippen LogP contribution in [-0.4, -0.2) is 18.9 Å². The number of rotatable bonds is 2. The monoisotopic (exact) mass is 192 g/mol. The highest BCUT2D eigenvalue weighted by molar-refractivity contribution is 6.40. The fraction of sp³-hybridized carbons (Fsp3) is 0.100. The van der Waals surface area contributed by atoms with E-state index in [2.05, 4.69) is 4.74 Å². The molecule has 14 heavy (non-hydrogen) atoms. The van der Waals surface area contributed by atoms with E-state index in [1.165, 1.54) is 24.3 Å². The number of esters is 1. The second kappa shape index (κ2) is 4.32. The molecule has 0 aliphatic heterocycles. The van der Waals surface area contributed by atoms with Crippen molar-refractivity contribution in [2.75, 3.05) is 7.11 Å². The quantitative estimate of drug-likeness (QED) is 0.386. The lowest BCUT2D eigenvalue weighted by Crippen LogP contribution is -2.21. The first-order valence-corrected chi connectivity index (χ1v) is 3.89. The lowest BCUT2D eigenvalue weighted by Gasteiger charge is -1.94.